The van der Waals surface area contributed by atoms with Crippen molar-refractivity contribution in [3.63, 3.8) is 0 Å². The van der Waals surface area contributed by atoms with Gasteiger partial charge in [-0.25, -0.2) is 9.97 Å². The fourth-order valence-corrected chi connectivity index (χ4v) is 7.71. The van der Waals surface area contributed by atoms with E-state index < -0.39 is 53.7 Å². The van der Waals surface area contributed by atoms with Crippen molar-refractivity contribution in [2.45, 2.75) is 77.0 Å². The Bertz CT molecular complexity index is 2450. The molecule has 66 heavy (non-hydrogen) atoms. The molecule has 0 radical (unpaired) electrons. The zero-order valence-electron chi connectivity index (χ0n) is 38.0. The molecule has 1 aromatic heterocycles. The minimum Gasteiger partial charge on any atom is -0.492 e. The summed E-state index contributed by atoms with van der Waals surface area (Å²) < 4.78 is 12.2. The van der Waals surface area contributed by atoms with Crippen LogP contribution in [0.4, 0.5) is 0 Å². The summed E-state index contributed by atoms with van der Waals surface area (Å²) >= 11 is 6.67. The highest BCUT2D eigenvalue weighted by Gasteiger charge is 2.36. The number of rotatable bonds is 15. The molecule has 10 N–H and O–H groups in total. The number of carbonyl (C=O) groups is 5. The third kappa shape index (κ3) is 12.2. The average molecular weight is 925 g/mol. The number of benzene rings is 3. The highest BCUT2D eigenvalue weighted by Crippen LogP contribution is 2.40. The first-order valence-corrected chi connectivity index (χ1v) is 21.9. The van der Waals surface area contributed by atoms with Crippen LogP contribution in [0, 0.1) is 18.3 Å². The molecule has 0 unspecified atom stereocenters. The standard InChI is InChI=1S/C47H58ClN11O7/c1-26-38(40(48)58-41(54-26)29-8-11-31(12-9-29)47(3,4)5)44(62)56-34(15-16-49)46(64)59(6)39-30-10-14-37(66-22-19-52)33(25-30)32-23-28(7-13-36(32)65-21-18-51)24-35(43(61)53-20-17-50)57-42(60)27(2)55-45(39)63/h7-14,23,25,27,34-35,39H,15-16,18-22,24,49,51-52H2,1-6H3,(H,53,61)(H,55,63)(H,56,62)(H,57,60)/t27-,34-,35-,39-/m0/s1. The number of nitrogens with two attached hydrogens (primary N) is 3. The second-order valence-electron chi connectivity index (χ2n) is 16.8. The fraction of sp³-hybridized carbons (Fsp3) is 0.404. The normalized spacial score (nSPS) is 16.7. The number of aryl methyl sites for hydroxylation is 1. The second kappa shape index (κ2) is 22.5. The van der Waals surface area contributed by atoms with Crippen LogP contribution in [-0.2, 0) is 31.0 Å². The Morgan fingerprint density at radius 2 is 1.56 bits per heavy atom. The van der Waals surface area contributed by atoms with Crippen molar-refractivity contribution in [2.75, 3.05) is 46.4 Å². The van der Waals surface area contributed by atoms with Crippen molar-refractivity contribution in [3.05, 3.63) is 93.8 Å². The number of halogens is 1. The van der Waals surface area contributed by atoms with Crippen LogP contribution in [0.1, 0.15) is 72.9 Å². The average Bonchev–Trinajstić information content (AvgIpc) is 3.28. The first kappa shape index (κ1) is 50.4. The summed E-state index contributed by atoms with van der Waals surface area (Å²) in [5, 5.41) is 19.7. The number of ether oxygens (including phenoxy) is 2. The van der Waals surface area contributed by atoms with E-state index in [0.29, 0.717) is 45.1 Å². The van der Waals surface area contributed by atoms with Gasteiger partial charge < -0.3 is 52.8 Å². The molecule has 5 amide bonds. The van der Waals surface area contributed by atoms with Crippen LogP contribution in [0.2, 0.25) is 5.15 Å². The number of aromatic nitrogens is 2. The number of nitriles is 1. The summed E-state index contributed by atoms with van der Waals surface area (Å²) in [5.74, 6) is -2.50. The lowest BCUT2D eigenvalue weighted by Gasteiger charge is -2.32. The van der Waals surface area contributed by atoms with Gasteiger partial charge in [0.05, 0.1) is 17.3 Å². The largest absolute Gasteiger partial charge is 0.492 e. The van der Waals surface area contributed by atoms with Crippen molar-refractivity contribution >= 4 is 41.1 Å². The summed E-state index contributed by atoms with van der Waals surface area (Å²) in [4.78, 5) is 80.5. The molecule has 5 rings (SSSR count). The van der Waals surface area contributed by atoms with Gasteiger partial charge in [0.25, 0.3) is 5.91 Å². The number of nitrogens with one attached hydrogen (secondary N) is 4. The molecule has 4 bridgehead atoms. The molecular formula is C47H58ClN11O7. The zero-order chi connectivity index (χ0) is 48.3. The van der Waals surface area contributed by atoms with Crippen LogP contribution in [-0.4, -0.2) is 109 Å². The molecule has 2 heterocycles. The number of hydrogen-bond donors (Lipinski definition) is 7. The molecule has 4 atom stereocenters. The van der Waals surface area contributed by atoms with E-state index in [2.05, 4.69) is 52.0 Å². The number of nitrogens with zero attached hydrogens (tertiary/aromatic N) is 4. The van der Waals surface area contributed by atoms with E-state index in [1.807, 2.05) is 30.3 Å². The summed E-state index contributed by atoms with van der Waals surface area (Å²) in [6.07, 6.45) is -0.0497. The highest BCUT2D eigenvalue weighted by molar-refractivity contribution is 6.33. The van der Waals surface area contributed by atoms with Gasteiger partial charge in [0, 0.05) is 43.2 Å². The smallest absolute Gasteiger partial charge is 0.256 e. The lowest BCUT2D eigenvalue weighted by molar-refractivity contribution is -0.141. The zero-order valence-corrected chi connectivity index (χ0v) is 38.8. The Balaban J connectivity index is 1.57. The first-order chi connectivity index (χ1) is 31.4. The molecule has 1 aliphatic rings. The van der Waals surface area contributed by atoms with Crippen LogP contribution in [0.15, 0.2) is 60.7 Å². The first-order valence-electron chi connectivity index (χ1n) is 21.5. The van der Waals surface area contributed by atoms with Crippen LogP contribution in [0.25, 0.3) is 22.5 Å². The molecule has 0 aliphatic carbocycles. The van der Waals surface area contributed by atoms with Crippen molar-refractivity contribution in [2.24, 2.45) is 17.2 Å². The van der Waals surface area contributed by atoms with Gasteiger partial charge in [-0.2, -0.15) is 5.26 Å². The van der Waals surface area contributed by atoms with Crippen molar-refractivity contribution in [1.29, 1.82) is 5.26 Å². The molecule has 0 spiro atoms. The Hall–Kier alpha value is -6.65. The maximum atomic E-state index is 14.7. The molecule has 3 aromatic carbocycles. The minimum atomic E-state index is -1.43. The summed E-state index contributed by atoms with van der Waals surface area (Å²) in [6.45, 7) is 9.65. The van der Waals surface area contributed by atoms with Gasteiger partial charge in [-0.1, -0.05) is 68.8 Å². The predicted molar refractivity (Wildman–Crippen MR) is 249 cm³/mol. The van der Waals surface area contributed by atoms with Gasteiger partial charge in [-0.05, 0) is 73.2 Å². The summed E-state index contributed by atoms with van der Waals surface area (Å²) in [6, 6.07) is 14.6. The quantitative estimate of drug-likeness (QED) is 0.0668. The number of fused-ring (bicyclic) bond motifs is 5. The third-order valence-corrected chi connectivity index (χ3v) is 11.2. The molecule has 18 nitrogen and oxygen atoms in total. The van der Waals surface area contributed by atoms with Gasteiger partial charge in [0.2, 0.25) is 23.6 Å². The SMILES string of the molecule is Cc1nc(-c2ccc(C(C)(C)C)cc2)nc(Cl)c1C(=O)N[C@@H](CCN)C(=O)N(C)[C@@H]1C(=O)N[C@@H](C)C(=O)N[C@H](C(=O)NCC#N)Cc2ccc(OCCN)c(c2)-c2cc1ccc2OCCN. The number of carbonyl (C=O) groups excluding carboxylic acids is 5. The molecule has 19 heteroatoms. The van der Waals surface area contributed by atoms with E-state index in [1.165, 1.54) is 14.0 Å². The number of amides is 5. The molecular weight excluding hydrogens is 866 g/mol. The third-order valence-electron chi connectivity index (χ3n) is 10.9. The van der Waals surface area contributed by atoms with Crippen molar-refractivity contribution < 1.29 is 33.4 Å². The Morgan fingerprint density at radius 1 is 0.924 bits per heavy atom. The predicted octanol–water partition coefficient (Wildman–Crippen LogP) is 2.58. The maximum Gasteiger partial charge on any atom is 0.256 e. The number of likely N-dealkylation sites (N-methyl/N-ethyl adjacent to an activating group) is 1. The fourth-order valence-electron chi connectivity index (χ4n) is 7.40. The molecule has 0 saturated heterocycles. The monoisotopic (exact) mass is 923 g/mol. The van der Waals surface area contributed by atoms with Crippen LogP contribution >= 0.6 is 11.6 Å². The molecule has 0 fully saturated rings. The van der Waals surface area contributed by atoms with E-state index in [9.17, 15) is 24.0 Å². The van der Waals surface area contributed by atoms with Crippen molar-refractivity contribution in [3.8, 4) is 40.1 Å². The van der Waals surface area contributed by atoms with E-state index in [0.717, 1.165) is 10.5 Å². The van der Waals surface area contributed by atoms with Crippen LogP contribution < -0.4 is 47.9 Å². The van der Waals surface area contributed by atoms with Gasteiger partial charge in [-0.15, -0.1) is 0 Å². The maximum absolute atomic E-state index is 14.7. The van der Waals surface area contributed by atoms with Gasteiger partial charge in [0.15, 0.2) is 5.82 Å². The van der Waals surface area contributed by atoms with E-state index in [4.69, 9.17) is 43.5 Å². The van der Waals surface area contributed by atoms with Crippen LogP contribution in [0.5, 0.6) is 11.5 Å². The van der Waals surface area contributed by atoms with Crippen molar-refractivity contribution in [1.82, 2.24) is 36.1 Å². The Morgan fingerprint density at radius 3 is 2.15 bits per heavy atom. The second-order valence-corrected chi connectivity index (χ2v) is 17.2. The lowest BCUT2D eigenvalue weighted by atomic mass is 9.87. The minimum absolute atomic E-state index is 0.00685. The Kier molecular flexibility index (Phi) is 17.2. The van der Waals surface area contributed by atoms with E-state index in [1.54, 1.807) is 43.3 Å². The molecule has 4 aromatic rings. The lowest BCUT2D eigenvalue weighted by Crippen LogP contribution is -2.56. The van der Waals surface area contributed by atoms with Gasteiger partial charge >= 0.3 is 0 Å². The van der Waals surface area contributed by atoms with Crippen LogP contribution in [0.3, 0.4) is 0 Å². The molecule has 0 saturated carbocycles. The van der Waals surface area contributed by atoms with E-state index in [-0.39, 0.29) is 74.1 Å². The highest BCUT2D eigenvalue weighted by atomic mass is 35.5. The molecule has 1 aliphatic heterocycles. The summed E-state index contributed by atoms with van der Waals surface area (Å²) in [7, 11) is 1.39. The van der Waals surface area contributed by atoms with Gasteiger partial charge in [-0.3, -0.25) is 24.0 Å². The topological polar surface area (TPSA) is 283 Å². The van der Waals surface area contributed by atoms with Gasteiger partial charge in [0.1, 0.15) is 60.6 Å². The number of hydrogen-bond acceptors (Lipinski definition) is 13. The Labute approximate surface area is 389 Å². The summed E-state index contributed by atoms with van der Waals surface area (Å²) in [5.41, 5.74) is 21.4. The molecule has 350 valence electrons. The van der Waals surface area contributed by atoms with E-state index >= 15 is 0 Å².